The van der Waals surface area contributed by atoms with Crippen LogP contribution in [-0.4, -0.2) is 26.0 Å². The molecule has 1 aliphatic carbocycles. The molecular weight excluding hydrogens is 428 g/mol. The summed E-state index contributed by atoms with van der Waals surface area (Å²) < 4.78 is 7.71. The van der Waals surface area contributed by atoms with Crippen LogP contribution in [0.2, 0.25) is 0 Å². The number of anilines is 1. The fourth-order valence-electron chi connectivity index (χ4n) is 4.32. The SMILES string of the molecule is Nc1n[nH]c(=O)c2c1c(-c1ccc(Oc3ccccc3)cc1)nn2C1CCC(NCl)CC1. The second-order valence-corrected chi connectivity index (χ2v) is 8.23. The smallest absolute Gasteiger partial charge is 0.290 e. The molecule has 0 radical (unpaired) electrons. The van der Waals surface area contributed by atoms with E-state index in [2.05, 4.69) is 15.0 Å². The van der Waals surface area contributed by atoms with E-state index in [0.717, 1.165) is 37.0 Å². The van der Waals surface area contributed by atoms with Crippen LogP contribution in [0.3, 0.4) is 0 Å². The lowest BCUT2D eigenvalue weighted by Crippen LogP contribution is -2.29. The average Bonchev–Trinajstić information content (AvgIpc) is 3.25. The van der Waals surface area contributed by atoms with Crippen molar-refractivity contribution in [3.8, 4) is 22.8 Å². The summed E-state index contributed by atoms with van der Waals surface area (Å²) in [5.41, 5.74) is 7.83. The minimum absolute atomic E-state index is 0.0936. The van der Waals surface area contributed by atoms with Gasteiger partial charge < -0.3 is 10.5 Å². The molecule has 5 rings (SSSR count). The first-order chi connectivity index (χ1) is 15.6. The molecule has 0 atom stereocenters. The average molecular weight is 451 g/mol. The Hall–Kier alpha value is -3.36. The maximum absolute atomic E-state index is 12.7. The molecule has 0 saturated heterocycles. The Morgan fingerprint density at radius 1 is 1.03 bits per heavy atom. The largest absolute Gasteiger partial charge is 0.457 e. The molecule has 1 aliphatic rings. The van der Waals surface area contributed by atoms with Gasteiger partial charge in [-0.05, 0) is 73.9 Å². The third-order valence-electron chi connectivity index (χ3n) is 5.96. The number of nitrogens with one attached hydrogen (secondary N) is 2. The molecule has 0 unspecified atom stereocenters. The van der Waals surface area contributed by atoms with Crippen LogP contribution in [0.4, 0.5) is 5.82 Å². The lowest BCUT2D eigenvalue weighted by atomic mass is 9.92. The van der Waals surface area contributed by atoms with Gasteiger partial charge in [-0.25, -0.2) is 9.93 Å². The number of para-hydroxylation sites is 1. The van der Waals surface area contributed by atoms with Crippen molar-refractivity contribution < 1.29 is 4.74 Å². The lowest BCUT2D eigenvalue weighted by Gasteiger charge is -2.27. The number of nitrogen functional groups attached to an aromatic ring is 1. The minimum Gasteiger partial charge on any atom is -0.457 e. The Morgan fingerprint density at radius 3 is 2.41 bits per heavy atom. The van der Waals surface area contributed by atoms with E-state index in [1.807, 2.05) is 59.3 Å². The Labute approximate surface area is 189 Å². The minimum atomic E-state index is -0.297. The van der Waals surface area contributed by atoms with Crippen LogP contribution in [0, 0.1) is 0 Å². The normalized spacial score (nSPS) is 18.7. The number of nitrogens with two attached hydrogens (primary N) is 1. The maximum atomic E-state index is 12.7. The fourth-order valence-corrected chi connectivity index (χ4v) is 4.53. The highest BCUT2D eigenvalue weighted by Gasteiger charge is 2.27. The Kier molecular flexibility index (Phi) is 5.55. The van der Waals surface area contributed by atoms with Gasteiger partial charge in [0.05, 0.1) is 11.4 Å². The van der Waals surface area contributed by atoms with Gasteiger partial charge in [-0.1, -0.05) is 18.2 Å². The number of aromatic amines is 1. The van der Waals surface area contributed by atoms with Crippen molar-refractivity contribution in [1.82, 2.24) is 24.8 Å². The zero-order chi connectivity index (χ0) is 22.1. The van der Waals surface area contributed by atoms with Gasteiger partial charge in [0.15, 0.2) is 5.82 Å². The number of hydrogen-bond donors (Lipinski definition) is 3. The summed E-state index contributed by atoms with van der Waals surface area (Å²) in [7, 11) is 0. The van der Waals surface area contributed by atoms with Crippen LogP contribution in [0.25, 0.3) is 22.2 Å². The second-order valence-electron chi connectivity index (χ2n) is 8.01. The van der Waals surface area contributed by atoms with Gasteiger partial charge in [-0.3, -0.25) is 9.48 Å². The van der Waals surface area contributed by atoms with Gasteiger partial charge in [0.1, 0.15) is 22.7 Å². The molecule has 2 aromatic heterocycles. The maximum Gasteiger partial charge on any atom is 0.290 e. The van der Waals surface area contributed by atoms with Crippen LogP contribution in [0.1, 0.15) is 31.7 Å². The van der Waals surface area contributed by atoms with Gasteiger partial charge in [-0.15, -0.1) is 0 Å². The molecule has 4 aromatic rings. The van der Waals surface area contributed by atoms with Gasteiger partial charge in [0.2, 0.25) is 0 Å². The number of fused-ring (bicyclic) bond motifs is 1. The van der Waals surface area contributed by atoms with E-state index >= 15 is 0 Å². The number of ether oxygens (including phenoxy) is 1. The molecule has 164 valence electrons. The number of halogens is 1. The Balaban J connectivity index is 1.53. The van der Waals surface area contributed by atoms with Gasteiger partial charge in [-0.2, -0.15) is 10.2 Å². The Morgan fingerprint density at radius 2 is 1.72 bits per heavy atom. The predicted molar refractivity (Wildman–Crippen MR) is 125 cm³/mol. The van der Waals surface area contributed by atoms with Crippen molar-refractivity contribution in [2.24, 2.45) is 0 Å². The monoisotopic (exact) mass is 450 g/mol. The molecule has 2 aromatic carbocycles. The number of benzene rings is 2. The molecule has 9 heteroatoms. The van der Waals surface area contributed by atoms with Gasteiger partial charge >= 0.3 is 0 Å². The topological polar surface area (TPSA) is 111 Å². The molecule has 1 fully saturated rings. The molecule has 0 aliphatic heterocycles. The van der Waals surface area contributed by atoms with Crippen molar-refractivity contribution in [2.75, 3.05) is 5.73 Å². The van der Waals surface area contributed by atoms with E-state index in [9.17, 15) is 4.79 Å². The van der Waals surface area contributed by atoms with Crippen LogP contribution >= 0.6 is 11.8 Å². The third-order valence-corrected chi connectivity index (χ3v) is 6.27. The van der Waals surface area contributed by atoms with Crippen molar-refractivity contribution in [2.45, 2.75) is 37.8 Å². The molecule has 2 heterocycles. The molecule has 0 spiro atoms. The predicted octanol–water partition coefficient (Wildman–Crippen LogP) is 4.39. The lowest BCUT2D eigenvalue weighted by molar-refractivity contribution is 0.301. The summed E-state index contributed by atoms with van der Waals surface area (Å²) in [4.78, 5) is 15.5. The number of nitrogens with zero attached hydrogens (tertiary/aromatic N) is 3. The standard InChI is InChI=1S/C23H23ClN6O2/c24-26-15-8-10-16(11-9-15)30-21-19(22(25)27-28-23(21)31)20(29-30)14-6-12-18(13-7-14)32-17-4-2-1-3-5-17/h1-7,12-13,15-16,26H,8-11H2,(H2,25,27)(H,28,31). The van der Waals surface area contributed by atoms with E-state index in [1.54, 1.807) is 0 Å². The highest BCUT2D eigenvalue weighted by molar-refractivity contribution is 6.13. The number of hydrogen-bond acceptors (Lipinski definition) is 6. The molecule has 0 bridgehead atoms. The Bertz CT molecular complexity index is 1280. The highest BCUT2D eigenvalue weighted by atomic mass is 35.5. The summed E-state index contributed by atoms with van der Waals surface area (Å²) in [6.45, 7) is 0. The van der Waals surface area contributed by atoms with Crippen molar-refractivity contribution in [1.29, 1.82) is 0 Å². The molecule has 4 N–H and O–H groups in total. The molecule has 0 amide bonds. The summed E-state index contributed by atoms with van der Waals surface area (Å²) in [6.07, 6.45) is 3.56. The first-order valence-electron chi connectivity index (χ1n) is 10.6. The van der Waals surface area contributed by atoms with E-state index in [4.69, 9.17) is 27.3 Å². The van der Waals surface area contributed by atoms with E-state index in [-0.39, 0.29) is 23.5 Å². The van der Waals surface area contributed by atoms with E-state index < -0.39 is 0 Å². The summed E-state index contributed by atoms with van der Waals surface area (Å²) in [5.74, 6) is 1.72. The summed E-state index contributed by atoms with van der Waals surface area (Å²) >= 11 is 5.80. The molecule has 8 nitrogen and oxygen atoms in total. The first kappa shape index (κ1) is 20.5. The van der Waals surface area contributed by atoms with Gasteiger partial charge in [0, 0.05) is 11.6 Å². The van der Waals surface area contributed by atoms with E-state index in [0.29, 0.717) is 22.3 Å². The van der Waals surface area contributed by atoms with Crippen molar-refractivity contribution in [3.63, 3.8) is 0 Å². The highest BCUT2D eigenvalue weighted by Crippen LogP contribution is 2.36. The van der Waals surface area contributed by atoms with Crippen LogP contribution < -0.4 is 20.9 Å². The zero-order valence-electron chi connectivity index (χ0n) is 17.3. The number of H-pyrrole nitrogens is 1. The third kappa shape index (κ3) is 3.83. The van der Waals surface area contributed by atoms with Crippen molar-refractivity contribution >= 4 is 28.5 Å². The second kappa shape index (κ2) is 8.64. The molecule has 1 saturated carbocycles. The summed E-state index contributed by atoms with van der Waals surface area (Å²) in [5, 5.41) is 11.9. The van der Waals surface area contributed by atoms with Crippen LogP contribution in [-0.2, 0) is 0 Å². The van der Waals surface area contributed by atoms with Crippen LogP contribution in [0.15, 0.2) is 59.4 Å². The molecular formula is C23H23ClN6O2. The zero-order valence-corrected chi connectivity index (χ0v) is 18.0. The number of aromatic nitrogens is 4. The fraction of sp³-hybridized carbons (Fsp3) is 0.261. The van der Waals surface area contributed by atoms with Gasteiger partial charge in [0.25, 0.3) is 5.56 Å². The van der Waals surface area contributed by atoms with Crippen molar-refractivity contribution in [3.05, 3.63) is 65.0 Å². The molecule has 32 heavy (non-hydrogen) atoms. The van der Waals surface area contributed by atoms with E-state index in [1.165, 1.54) is 0 Å². The quantitative estimate of drug-likeness (QED) is 0.389. The first-order valence-corrected chi connectivity index (χ1v) is 11.0. The summed E-state index contributed by atoms with van der Waals surface area (Å²) in [6, 6.07) is 17.5. The number of rotatable bonds is 5. The van der Waals surface area contributed by atoms with Crippen LogP contribution in [0.5, 0.6) is 11.5 Å².